The predicted molar refractivity (Wildman–Crippen MR) is 135 cm³/mol. The molecule has 0 saturated heterocycles. The van der Waals surface area contributed by atoms with Crippen LogP contribution >= 0.6 is 34.8 Å². The first-order valence-corrected chi connectivity index (χ1v) is 13.7. The average Bonchev–Trinajstić information content (AvgIpc) is 2.73. The highest BCUT2D eigenvalue weighted by Gasteiger charge is 2.26. The van der Waals surface area contributed by atoms with E-state index in [2.05, 4.69) is 13.8 Å². The van der Waals surface area contributed by atoms with Crippen molar-refractivity contribution in [1.82, 2.24) is 0 Å². The number of halogens is 3. The van der Waals surface area contributed by atoms with E-state index in [1.165, 1.54) is 0 Å². The van der Waals surface area contributed by atoms with Gasteiger partial charge in [0.2, 0.25) is 0 Å². The molecule has 0 aromatic heterocycles. The second-order valence-corrected chi connectivity index (χ2v) is 12.0. The Morgan fingerprint density at radius 1 is 1.00 bits per heavy atom. The largest absolute Gasteiger partial charge is 0.494 e. The predicted octanol–water partition coefficient (Wildman–Crippen LogP) is 6.78. The average molecular weight is 522 g/mol. The Bertz CT molecular complexity index is 966. The van der Waals surface area contributed by atoms with Crippen molar-refractivity contribution in [3.05, 3.63) is 57.6 Å². The monoisotopic (exact) mass is 520 g/mol. The zero-order valence-corrected chi connectivity index (χ0v) is 22.0. The fraction of sp³-hybridized carbons (Fsp3) is 0.500. The van der Waals surface area contributed by atoms with E-state index < -0.39 is 9.84 Å². The van der Waals surface area contributed by atoms with E-state index in [1.54, 1.807) is 6.92 Å². The summed E-state index contributed by atoms with van der Waals surface area (Å²) < 4.78 is 35.1. The van der Waals surface area contributed by atoms with E-state index >= 15 is 0 Å². The molecule has 0 aliphatic heterocycles. The van der Waals surface area contributed by atoms with Gasteiger partial charge in [0, 0.05) is 23.0 Å². The Labute approximate surface area is 207 Å². The molecule has 0 spiro atoms. The van der Waals surface area contributed by atoms with Gasteiger partial charge in [-0.15, -0.1) is 11.6 Å². The van der Waals surface area contributed by atoms with Crippen molar-refractivity contribution in [2.75, 3.05) is 30.6 Å². The van der Waals surface area contributed by atoms with Gasteiger partial charge in [0.1, 0.15) is 15.6 Å². The molecule has 2 aromatic rings. The van der Waals surface area contributed by atoms with Gasteiger partial charge in [0.15, 0.2) is 5.75 Å². The van der Waals surface area contributed by atoms with Gasteiger partial charge in [-0.2, -0.15) is 0 Å². The summed E-state index contributed by atoms with van der Waals surface area (Å²) in [6, 6.07) is 11.6. The van der Waals surface area contributed by atoms with E-state index in [0.717, 1.165) is 23.3 Å². The van der Waals surface area contributed by atoms with Crippen LogP contribution in [0.15, 0.2) is 36.4 Å². The van der Waals surface area contributed by atoms with Gasteiger partial charge in [0.25, 0.3) is 0 Å². The highest BCUT2D eigenvalue weighted by molar-refractivity contribution is 7.91. The lowest BCUT2D eigenvalue weighted by Crippen LogP contribution is -2.21. The molecule has 1 atom stereocenters. The molecule has 0 radical (unpaired) electrons. The number of rotatable bonds is 12. The van der Waals surface area contributed by atoms with Crippen molar-refractivity contribution in [3.63, 3.8) is 0 Å². The van der Waals surface area contributed by atoms with Crippen molar-refractivity contribution >= 4 is 44.6 Å². The summed E-state index contributed by atoms with van der Waals surface area (Å²) in [7, 11) is -3.07. The minimum atomic E-state index is -3.07. The summed E-state index contributed by atoms with van der Waals surface area (Å²) in [5.74, 6) is 1.75. The molecule has 2 rings (SSSR count). The van der Waals surface area contributed by atoms with Crippen molar-refractivity contribution in [1.29, 1.82) is 0 Å². The Kier molecular flexibility index (Phi) is 10.0. The van der Waals surface area contributed by atoms with Gasteiger partial charge in [-0.25, -0.2) is 8.42 Å². The van der Waals surface area contributed by atoms with Crippen molar-refractivity contribution in [2.24, 2.45) is 5.92 Å². The first-order valence-electron chi connectivity index (χ1n) is 10.6. The summed E-state index contributed by atoms with van der Waals surface area (Å²) in [6.07, 6.45) is 0.799. The number of sulfone groups is 1. The number of alkyl halides is 1. The summed E-state index contributed by atoms with van der Waals surface area (Å²) in [5, 5.41) is 0.791. The van der Waals surface area contributed by atoms with E-state index in [9.17, 15) is 8.42 Å². The lowest BCUT2D eigenvalue weighted by atomic mass is 9.78. The Morgan fingerprint density at radius 3 is 2.12 bits per heavy atom. The number of benzene rings is 2. The van der Waals surface area contributed by atoms with Crippen LogP contribution < -0.4 is 9.47 Å². The summed E-state index contributed by atoms with van der Waals surface area (Å²) in [4.78, 5) is 0. The van der Waals surface area contributed by atoms with Crippen molar-refractivity contribution in [2.45, 2.75) is 39.5 Å². The third kappa shape index (κ3) is 7.44. The molecular weight excluding hydrogens is 491 g/mol. The molecular formula is C24H31Cl3O4S. The molecule has 8 heteroatoms. The van der Waals surface area contributed by atoms with E-state index in [4.69, 9.17) is 44.3 Å². The minimum absolute atomic E-state index is 0.0649. The molecule has 0 aliphatic rings. The molecule has 0 N–H and O–H groups in total. The molecule has 32 heavy (non-hydrogen) atoms. The standard InChI is InChI=1S/C24H31Cl3O4S/c1-5-32(28,29)16-17(2)15-31-23-21(26)13-19(14-22(23)27)24(3,4)18-7-9-20(10-8-18)30-12-6-11-25/h7-10,13-14,17H,5-6,11-12,15-16H2,1-4H3/t17-/m1/s1. The molecule has 0 bridgehead atoms. The normalized spacial score (nSPS) is 13.1. The Balaban J connectivity index is 2.15. The molecule has 0 unspecified atom stereocenters. The van der Waals surface area contributed by atoms with Gasteiger partial charge in [-0.05, 0) is 41.8 Å². The molecule has 2 aromatic carbocycles. The van der Waals surface area contributed by atoms with Crippen LogP contribution in [0.1, 0.15) is 45.2 Å². The highest BCUT2D eigenvalue weighted by atomic mass is 35.5. The fourth-order valence-corrected chi connectivity index (χ4v) is 5.17. The molecule has 178 valence electrons. The smallest absolute Gasteiger partial charge is 0.156 e. The van der Waals surface area contributed by atoms with Crippen LogP contribution in [0.25, 0.3) is 0 Å². The van der Waals surface area contributed by atoms with Gasteiger partial charge in [-0.1, -0.05) is 63.0 Å². The van der Waals surface area contributed by atoms with Crippen LogP contribution in [0, 0.1) is 5.92 Å². The van der Waals surface area contributed by atoms with Crippen LogP contribution in [-0.4, -0.2) is 39.0 Å². The quantitative estimate of drug-likeness (QED) is 0.228. The van der Waals surface area contributed by atoms with Crippen molar-refractivity contribution < 1.29 is 17.9 Å². The fourth-order valence-electron chi connectivity index (χ4n) is 3.26. The van der Waals surface area contributed by atoms with E-state index in [1.807, 2.05) is 43.3 Å². The maximum atomic E-state index is 11.8. The zero-order valence-electron chi connectivity index (χ0n) is 19.0. The van der Waals surface area contributed by atoms with Gasteiger partial charge in [0.05, 0.1) is 29.0 Å². The maximum absolute atomic E-state index is 11.8. The number of hydrogen-bond donors (Lipinski definition) is 0. The second kappa shape index (κ2) is 11.8. The Hall–Kier alpha value is -1.14. The molecule has 0 aliphatic carbocycles. The van der Waals surface area contributed by atoms with Crippen LogP contribution in [0.5, 0.6) is 11.5 Å². The first kappa shape index (κ1) is 27.1. The third-order valence-electron chi connectivity index (χ3n) is 5.33. The van der Waals surface area contributed by atoms with Gasteiger partial charge in [-0.3, -0.25) is 0 Å². The lowest BCUT2D eigenvalue weighted by Gasteiger charge is -2.27. The number of ether oxygens (including phenoxy) is 2. The Morgan fingerprint density at radius 2 is 1.59 bits per heavy atom. The summed E-state index contributed by atoms with van der Waals surface area (Å²) in [5.41, 5.74) is 1.67. The third-order valence-corrected chi connectivity index (χ3v) is 8.12. The SMILES string of the molecule is CCS(=O)(=O)C[C@H](C)COc1c(Cl)cc(C(C)(C)c2ccc(OCCCCl)cc2)cc1Cl. The molecule has 4 nitrogen and oxygen atoms in total. The summed E-state index contributed by atoms with van der Waals surface area (Å²) in [6.45, 7) is 8.45. The molecule has 0 saturated carbocycles. The van der Waals surface area contributed by atoms with E-state index in [0.29, 0.717) is 28.3 Å². The van der Waals surface area contributed by atoms with Crippen LogP contribution in [0.4, 0.5) is 0 Å². The first-order chi connectivity index (χ1) is 15.0. The zero-order chi connectivity index (χ0) is 23.9. The number of hydrogen-bond acceptors (Lipinski definition) is 4. The van der Waals surface area contributed by atoms with Crippen molar-refractivity contribution in [3.8, 4) is 11.5 Å². The van der Waals surface area contributed by atoms with Crippen LogP contribution in [0.3, 0.4) is 0 Å². The summed E-state index contributed by atoms with van der Waals surface area (Å²) >= 11 is 18.7. The van der Waals surface area contributed by atoms with Crippen LogP contribution in [-0.2, 0) is 15.3 Å². The topological polar surface area (TPSA) is 52.6 Å². The lowest BCUT2D eigenvalue weighted by molar-refractivity contribution is 0.272. The maximum Gasteiger partial charge on any atom is 0.156 e. The van der Waals surface area contributed by atoms with Gasteiger partial charge >= 0.3 is 0 Å². The van der Waals surface area contributed by atoms with Gasteiger partial charge < -0.3 is 9.47 Å². The van der Waals surface area contributed by atoms with Crippen LogP contribution in [0.2, 0.25) is 10.0 Å². The second-order valence-electron chi connectivity index (χ2n) is 8.42. The minimum Gasteiger partial charge on any atom is -0.494 e. The highest BCUT2D eigenvalue weighted by Crippen LogP contribution is 2.40. The molecule has 0 heterocycles. The van der Waals surface area contributed by atoms with E-state index in [-0.39, 0.29) is 29.4 Å². The molecule has 0 fully saturated rings. The molecule has 0 amide bonds.